The van der Waals surface area contributed by atoms with Crippen LogP contribution < -0.4 is 10.6 Å². The fourth-order valence-electron chi connectivity index (χ4n) is 4.79. The van der Waals surface area contributed by atoms with Crippen molar-refractivity contribution >= 4 is 28.6 Å². The van der Waals surface area contributed by atoms with Gasteiger partial charge in [0.05, 0.1) is 17.4 Å². The average Bonchev–Trinajstić information content (AvgIpc) is 3.29. The highest BCUT2D eigenvalue weighted by atomic mass is 19.1. The number of nitrogens with zero attached hydrogens (tertiary/aromatic N) is 2. The van der Waals surface area contributed by atoms with E-state index in [0.29, 0.717) is 22.6 Å². The number of carbonyl (C=O) groups excluding carboxylic acids is 1. The lowest BCUT2D eigenvalue weighted by Crippen LogP contribution is -2.38. The molecule has 34 heavy (non-hydrogen) atoms. The van der Waals surface area contributed by atoms with E-state index >= 15 is 0 Å². The summed E-state index contributed by atoms with van der Waals surface area (Å²) in [5.41, 5.74) is 2.74. The second-order valence-electron chi connectivity index (χ2n) is 9.48. The van der Waals surface area contributed by atoms with E-state index in [1.807, 2.05) is 32.1 Å². The van der Waals surface area contributed by atoms with Crippen LogP contribution in [0.2, 0.25) is 0 Å². The van der Waals surface area contributed by atoms with Crippen molar-refractivity contribution in [3.63, 3.8) is 0 Å². The first-order chi connectivity index (χ1) is 16.3. The molecule has 0 spiro atoms. The molecule has 7 nitrogen and oxygen atoms in total. The molecular formula is C26H29FN4O3. The SMILES string of the molecule is CC1(C)O/C(=C2/C(=O)Nc3cc(F)ccc32)C=C1c1ccnc(NCCN2CCC(O)CC2)c1. The van der Waals surface area contributed by atoms with Crippen molar-refractivity contribution in [3.05, 3.63) is 65.3 Å². The van der Waals surface area contributed by atoms with Crippen molar-refractivity contribution in [2.75, 3.05) is 36.8 Å². The van der Waals surface area contributed by atoms with Gasteiger partial charge >= 0.3 is 0 Å². The van der Waals surface area contributed by atoms with Gasteiger partial charge in [-0.15, -0.1) is 0 Å². The van der Waals surface area contributed by atoms with Crippen molar-refractivity contribution in [2.24, 2.45) is 0 Å². The smallest absolute Gasteiger partial charge is 0.260 e. The minimum absolute atomic E-state index is 0.169. The third-order valence-corrected chi connectivity index (χ3v) is 6.62. The van der Waals surface area contributed by atoms with Gasteiger partial charge in [-0.2, -0.15) is 0 Å². The lowest BCUT2D eigenvalue weighted by Gasteiger charge is -2.29. The number of rotatable bonds is 5. The minimum atomic E-state index is -0.654. The number of nitrogens with one attached hydrogen (secondary N) is 2. The predicted molar refractivity (Wildman–Crippen MR) is 129 cm³/mol. The summed E-state index contributed by atoms with van der Waals surface area (Å²) in [7, 11) is 0. The van der Waals surface area contributed by atoms with Crippen LogP contribution in [-0.2, 0) is 9.53 Å². The summed E-state index contributed by atoms with van der Waals surface area (Å²) >= 11 is 0. The molecular weight excluding hydrogens is 435 g/mol. The number of aliphatic hydroxyl groups is 1. The highest BCUT2D eigenvalue weighted by Crippen LogP contribution is 2.44. The molecule has 8 heteroatoms. The molecule has 1 aromatic heterocycles. The number of carbonyl (C=O) groups is 1. The molecule has 3 aliphatic rings. The molecule has 3 N–H and O–H groups in total. The van der Waals surface area contributed by atoms with E-state index in [1.54, 1.807) is 12.3 Å². The number of piperidine rings is 1. The minimum Gasteiger partial charge on any atom is -0.482 e. The first-order valence-electron chi connectivity index (χ1n) is 11.7. The molecule has 0 saturated carbocycles. The second-order valence-corrected chi connectivity index (χ2v) is 9.48. The number of halogens is 1. The summed E-state index contributed by atoms with van der Waals surface area (Å²) in [5.74, 6) is 0.545. The van der Waals surface area contributed by atoms with Crippen LogP contribution in [0.25, 0.3) is 11.1 Å². The first kappa shape index (κ1) is 22.6. The van der Waals surface area contributed by atoms with E-state index in [2.05, 4.69) is 20.5 Å². The zero-order valence-electron chi connectivity index (χ0n) is 19.4. The quantitative estimate of drug-likeness (QED) is 0.586. The Morgan fingerprint density at radius 3 is 2.85 bits per heavy atom. The fraction of sp³-hybridized carbons (Fsp3) is 0.385. The number of hydrogen-bond donors (Lipinski definition) is 3. The second kappa shape index (κ2) is 8.85. The Labute approximate surface area is 198 Å². The van der Waals surface area contributed by atoms with Gasteiger partial charge in [0.15, 0.2) is 0 Å². The van der Waals surface area contributed by atoms with Crippen molar-refractivity contribution < 1.29 is 19.0 Å². The van der Waals surface area contributed by atoms with Crippen LogP contribution in [-0.4, -0.2) is 58.8 Å². The molecule has 0 bridgehead atoms. The molecule has 2 aromatic rings. The Kier molecular flexibility index (Phi) is 5.87. The number of allylic oxidation sites excluding steroid dienone is 1. The van der Waals surface area contributed by atoms with Gasteiger partial charge < -0.3 is 25.4 Å². The van der Waals surface area contributed by atoms with Gasteiger partial charge in [-0.25, -0.2) is 9.37 Å². The van der Waals surface area contributed by atoms with Crippen LogP contribution in [0, 0.1) is 5.82 Å². The molecule has 5 rings (SSSR count). The maximum Gasteiger partial charge on any atom is 0.260 e. The molecule has 1 fully saturated rings. The van der Waals surface area contributed by atoms with Crippen molar-refractivity contribution in [2.45, 2.75) is 38.4 Å². The van der Waals surface area contributed by atoms with E-state index < -0.39 is 11.4 Å². The molecule has 1 amide bonds. The maximum absolute atomic E-state index is 13.6. The summed E-state index contributed by atoms with van der Waals surface area (Å²) in [6, 6.07) is 8.18. The Morgan fingerprint density at radius 1 is 1.26 bits per heavy atom. The van der Waals surface area contributed by atoms with E-state index in [9.17, 15) is 14.3 Å². The van der Waals surface area contributed by atoms with Gasteiger partial charge in [0.1, 0.15) is 23.0 Å². The van der Waals surface area contributed by atoms with Crippen LogP contribution in [0.1, 0.15) is 37.8 Å². The van der Waals surface area contributed by atoms with E-state index in [0.717, 1.165) is 56.0 Å². The van der Waals surface area contributed by atoms with Crippen molar-refractivity contribution in [1.29, 1.82) is 0 Å². The van der Waals surface area contributed by atoms with E-state index in [-0.39, 0.29) is 12.0 Å². The number of amides is 1. The summed E-state index contributed by atoms with van der Waals surface area (Å²) in [6.45, 7) is 7.40. The number of likely N-dealkylation sites (tertiary alicyclic amines) is 1. The number of anilines is 2. The molecule has 0 radical (unpaired) electrons. The molecule has 0 aliphatic carbocycles. The Balaban J connectivity index is 1.36. The van der Waals surface area contributed by atoms with Crippen LogP contribution in [0.5, 0.6) is 0 Å². The Bertz CT molecular complexity index is 1180. The number of aromatic nitrogens is 1. The third kappa shape index (κ3) is 4.43. The molecule has 4 heterocycles. The van der Waals surface area contributed by atoms with Gasteiger partial charge in [0, 0.05) is 43.5 Å². The molecule has 1 saturated heterocycles. The monoisotopic (exact) mass is 464 g/mol. The third-order valence-electron chi connectivity index (χ3n) is 6.62. The van der Waals surface area contributed by atoms with Crippen molar-refractivity contribution in [1.82, 2.24) is 9.88 Å². The molecule has 1 aromatic carbocycles. The average molecular weight is 465 g/mol. The largest absolute Gasteiger partial charge is 0.482 e. The summed E-state index contributed by atoms with van der Waals surface area (Å²) in [6.07, 6.45) is 5.14. The van der Waals surface area contributed by atoms with Crippen molar-refractivity contribution in [3.8, 4) is 0 Å². The molecule has 178 valence electrons. The Morgan fingerprint density at radius 2 is 2.06 bits per heavy atom. The molecule has 0 unspecified atom stereocenters. The number of hydrogen-bond acceptors (Lipinski definition) is 6. The zero-order valence-corrected chi connectivity index (χ0v) is 19.4. The van der Waals surface area contributed by atoms with Crippen LogP contribution in [0.4, 0.5) is 15.9 Å². The number of aliphatic hydroxyl groups excluding tert-OH is 1. The molecule has 3 aliphatic heterocycles. The zero-order chi connectivity index (χ0) is 23.9. The lowest BCUT2D eigenvalue weighted by molar-refractivity contribution is -0.111. The number of fused-ring (bicyclic) bond motifs is 1. The summed E-state index contributed by atoms with van der Waals surface area (Å²) < 4.78 is 19.8. The number of ether oxygens (including phenoxy) is 1. The van der Waals surface area contributed by atoms with Gasteiger partial charge in [-0.1, -0.05) is 0 Å². The molecule has 0 atom stereocenters. The van der Waals surface area contributed by atoms with Gasteiger partial charge in [-0.3, -0.25) is 4.79 Å². The van der Waals surface area contributed by atoms with E-state index in [1.165, 1.54) is 12.1 Å². The van der Waals surface area contributed by atoms with Crippen LogP contribution in [0.15, 0.2) is 48.4 Å². The maximum atomic E-state index is 13.6. The first-order valence-corrected chi connectivity index (χ1v) is 11.7. The normalized spacial score (nSPS) is 22.2. The topological polar surface area (TPSA) is 86.7 Å². The number of benzene rings is 1. The van der Waals surface area contributed by atoms with E-state index in [4.69, 9.17) is 4.74 Å². The Hall–Kier alpha value is -3.23. The standard InChI is InChI=1S/C26H29FN4O3/c1-26(2)20(15-22(34-26)24-19-4-3-17(27)14-21(19)30-25(24)33)16-5-8-28-23(13-16)29-9-12-31-10-6-18(32)7-11-31/h3-5,8,13-15,18,32H,6-7,9-12H2,1-2H3,(H,28,29)(H,30,33)/b24-22+. The highest BCUT2D eigenvalue weighted by Gasteiger charge is 2.38. The van der Waals surface area contributed by atoms with Gasteiger partial charge in [0.25, 0.3) is 5.91 Å². The fourth-order valence-corrected chi connectivity index (χ4v) is 4.79. The van der Waals surface area contributed by atoms with Crippen LogP contribution >= 0.6 is 0 Å². The summed E-state index contributed by atoms with van der Waals surface area (Å²) in [4.78, 5) is 19.5. The predicted octanol–water partition coefficient (Wildman–Crippen LogP) is 3.64. The number of pyridine rings is 1. The lowest BCUT2D eigenvalue weighted by atomic mass is 9.92. The van der Waals surface area contributed by atoms with Gasteiger partial charge in [-0.05, 0) is 68.7 Å². The highest BCUT2D eigenvalue weighted by molar-refractivity contribution is 6.32. The van der Waals surface area contributed by atoms with Gasteiger partial charge in [0.2, 0.25) is 0 Å². The van der Waals surface area contributed by atoms with Crippen LogP contribution in [0.3, 0.4) is 0 Å². The summed E-state index contributed by atoms with van der Waals surface area (Å²) in [5, 5.41) is 15.8.